The van der Waals surface area contributed by atoms with Crippen LogP contribution in [0.3, 0.4) is 0 Å². The van der Waals surface area contributed by atoms with E-state index >= 15 is 0 Å². The highest BCUT2D eigenvalue weighted by Crippen LogP contribution is 2.68. The molecule has 2 aliphatic rings. The van der Waals surface area contributed by atoms with Gasteiger partial charge in [-0.15, -0.1) is 0 Å². The van der Waals surface area contributed by atoms with Crippen molar-refractivity contribution in [2.75, 3.05) is 20.2 Å². The van der Waals surface area contributed by atoms with Crippen LogP contribution in [0.4, 0.5) is 8.78 Å². The number of nitrogens with one attached hydrogen (secondary N) is 1. The Morgan fingerprint density at radius 2 is 2.31 bits per heavy atom. The average Bonchev–Trinajstić information content (AvgIpc) is 2.65. The Morgan fingerprint density at radius 1 is 1.62 bits per heavy atom. The van der Waals surface area contributed by atoms with E-state index in [-0.39, 0.29) is 6.54 Å². The number of piperidine rings is 1. The smallest absolute Gasteiger partial charge is 0.319 e. The second-order valence-electron chi connectivity index (χ2n) is 3.60. The Hall–Kier alpha value is -0.710. The normalized spacial score (nSPS) is 40.7. The molecule has 74 valence electrons. The minimum atomic E-state index is -2.87. The van der Waals surface area contributed by atoms with Crippen molar-refractivity contribution in [3.63, 3.8) is 0 Å². The largest absolute Gasteiger partial charge is 0.468 e. The SMILES string of the molecule is COC(=O)[C@]12CNCC[C@H]1C2(F)F. The van der Waals surface area contributed by atoms with E-state index < -0.39 is 23.2 Å². The summed E-state index contributed by atoms with van der Waals surface area (Å²) in [7, 11) is 1.15. The first-order valence-electron chi connectivity index (χ1n) is 4.24. The molecule has 2 atom stereocenters. The van der Waals surface area contributed by atoms with Gasteiger partial charge < -0.3 is 10.1 Å². The summed E-state index contributed by atoms with van der Waals surface area (Å²) in [5.41, 5.74) is -1.56. The fourth-order valence-corrected chi connectivity index (χ4v) is 2.27. The van der Waals surface area contributed by atoms with Crippen LogP contribution in [0, 0.1) is 11.3 Å². The maximum absolute atomic E-state index is 13.3. The van der Waals surface area contributed by atoms with E-state index in [0.717, 1.165) is 7.11 Å². The number of fused-ring (bicyclic) bond motifs is 1. The van der Waals surface area contributed by atoms with Crippen LogP contribution in [0.15, 0.2) is 0 Å². The fourth-order valence-electron chi connectivity index (χ4n) is 2.27. The predicted molar refractivity (Wildman–Crippen MR) is 40.4 cm³/mol. The number of carbonyl (C=O) groups is 1. The molecule has 0 spiro atoms. The Kier molecular flexibility index (Phi) is 1.64. The van der Waals surface area contributed by atoms with E-state index in [2.05, 4.69) is 10.1 Å². The third-order valence-corrected chi connectivity index (χ3v) is 3.11. The summed E-state index contributed by atoms with van der Waals surface area (Å²) in [6.07, 6.45) is 0.349. The molecule has 5 heteroatoms. The standard InChI is InChI=1S/C8H11F2NO2/c1-13-6(12)7-4-11-3-2-5(7)8(7,9)10/h5,11H,2-4H2,1H3/t5-,7+/m1/s1. The molecule has 1 aliphatic heterocycles. The van der Waals surface area contributed by atoms with Crippen LogP contribution in [0.1, 0.15) is 6.42 Å². The highest BCUT2D eigenvalue weighted by Gasteiger charge is 2.85. The van der Waals surface area contributed by atoms with E-state index in [1.807, 2.05) is 0 Å². The summed E-state index contributed by atoms with van der Waals surface area (Å²) in [5, 5.41) is 2.81. The predicted octanol–water partition coefficient (Wildman–Crippen LogP) is 0.404. The number of methoxy groups -OCH3 is 1. The van der Waals surface area contributed by atoms with Crippen LogP contribution in [-0.2, 0) is 9.53 Å². The number of ether oxygens (including phenoxy) is 1. The molecular formula is C8H11F2NO2. The topological polar surface area (TPSA) is 38.3 Å². The van der Waals surface area contributed by atoms with Gasteiger partial charge in [-0.3, -0.25) is 4.79 Å². The first kappa shape index (κ1) is 8.87. The number of halogens is 2. The van der Waals surface area contributed by atoms with Crippen molar-refractivity contribution in [1.29, 1.82) is 0 Å². The lowest BCUT2D eigenvalue weighted by Crippen LogP contribution is -2.39. The van der Waals surface area contributed by atoms with Crippen molar-refractivity contribution in [3.8, 4) is 0 Å². The maximum atomic E-state index is 13.3. The Balaban J connectivity index is 2.26. The van der Waals surface area contributed by atoms with Crippen LogP contribution >= 0.6 is 0 Å². The molecule has 0 aromatic rings. The summed E-state index contributed by atoms with van der Waals surface area (Å²) in [5.74, 6) is -4.47. The van der Waals surface area contributed by atoms with Crippen molar-refractivity contribution in [2.45, 2.75) is 12.3 Å². The summed E-state index contributed by atoms with van der Waals surface area (Å²) < 4.78 is 30.9. The molecule has 0 bridgehead atoms. The highest BCUT2D eigenvalue weighted by atomic mass is 19.3. The van der Waals surface area contributed by atoms with Gasteiger partial charge in [-0.25, -0.2) is 8.78 Å². The van der Waals surface area contributed by atoms with Crippen LogP contribution in [0.5, 0.6) is 0 Å². The van der Waals surface area contributed by atoms with Crippen molar-refractivity contribution < 1.29 is 18.3 Å². The number of hydrogen-bond acceptors (Lipinski definition) is 3. The summed E-state index contributed by atoms with van der Waals surface area (Å²) >= 11 is 0. The monoisotopic (exact) mass is 191 g/mol. The van der Waals surface area contributed by atoms with Crippen molar-refractivity contribution >= 4 is 5.97 Å². The Labute approximate surface area is 74.4 Å². The molecule has 3 nitrogen and oxygen atoms in total. The van der Waals surface area contributed by atoms with Crippen molar-refractivity contribution in [3.05, 3.63) is 0 Å². The first-order valence-corrected chi connectivity index (χ1v) is 4.24. The Morgan fingerprint density at radius 3 is 2.85 bits per heavy atom. The number of hydrogen-bond donors (Lipinski definition) is 1. The Bertz CT molecular complexity index is 257. The zero-order chi connectivity index (χ0) is 9.69. The third-order valence-electron chi connectivity index (χ3n) is 3.11. The lowest BCUT2D eigenvalue weighted by molar-refractivity contribution is -0.151. The van der Waals surface area contributed by atoms with Crippen LogP contribution in [0.2, 0.25) is 0 Å². The highest BCUT2D eigenvalue weighted by molar-refractivity contribution is 5.83. The summed E-state index contributed by atoms with van der Waals surface area (Å²) in [6, 6.07) is 0. The molecular weight excluding hydrogens is 180 g/mol. The molecule has 1 aliphatic carbocycles. The molecule has 0 radical (unpaired) electrons. The van der Waals surface area contributed by atoms with E-state index in [0.29, 0.717) is 13.0 Å². The first-order chi connectivity index (χ1) is 6.07. The second kappa shape index (κ2) is 2.41. The van der Waals surface area contributed by atoms with Gasteiger partial charge in [0.25, 0.3) is 5.92 Å². The van der Waals surface area contributed by atoms with Gasteiger partial charge in [0.15, 0.2) is 5.41 Å². The quantitative estimate of drug-likeness (QED) is 0.610. The minimum absolute atomic E-state index is 0.0390. The molecule has 0 unspecified atom stereocenters. The van der Waals surface area contributed by atoms with E-state index in [4.69, 9.17) is 0 Å². The minimum Gasteiger partial charge on any atom is -0.468 e. The van der Waals surface area contributed by atoms with Gasteiger partial charge in [0.05, 0.1) is 7.11 Å². The third kappa shape index (κ3) is 0.829. The molecule has 0 aromatic carbocycles. The summed E-state index contributed by atoms with van der Waals surface area (Å²) in [6.45, 7) is 0.594. The van der Waals surface area contributed by atoms with Gasteiger partial charge in [0.2, 0.25) is 0 Å². The van der Waals surface area contributed by atoms with Crippen molar-refractivity contribution in [1.82, 2.24) is 5.32 Å². The molecule has 1 heterocycles. The van der Waals surface area contributed by atoms with Crippen LogP contribution in [0.25, 0.3) is 0 Å². The molecule has 0 aromatic heterocycles. The van der Waals surface area contributed by atoms with E-state index in [9.17, 15) is 13.6 Å². The maximum Gasteiger partial charge on any atom is 0.319 e. The fraction of sp³-hybridized carbons (Fsp3) is 0.875. The zero-order valence-corrected chi connectivity index (χ0v) is 7.27. The van der Waals surface area contributed by atoms with Gasteiger partial charge in [-0.05, 0) is 13.0 Å². The lowest BCUT2D eigenvalue weighted by atomic mass is 9.99. The van der Waals surface area contributed by atoms with E-state index in [1.54, 1.807) is 0 Å². The molecule has 1 saturated heterocycles. The van der Waals surface area contributed by atoms with Crippen molar-refractivity contribution in [2.24, 2.45) is 11.3 Å². The van der Waals surface area contributed by atoms with Crippen LogP contribution in [-0.4, -0.2) is 32.1 Å². The molecule has 2 rings (SSSR count). The lowest BCUT2D eigenvalue weighted by Gasteiger charge is -2.18. The van der Waals surface area contributed by atoms with Crippen LogP contribution < -0.4 is 5.32 Å². The molecule has 1 saturated carbocycles. The van der Waals surface area contributed by atoms with Gasteiger partial charge >= 0.3 is 5.97 Å². The number of carbonyl (C=O) groups excluding carboxylic acids is 1. The molecule has 0 amide bonds. The van der Waals surface area contributed by atoms with Gasteiger partial charge in [-0.2, -0.15) is 0 Å². The number of rotatable bonds is 1. The number of esters is 1. The molecule has 1 N–H and O–H groups in total. The van der Waals surface area contributed by atoms with Gasteiger partial charge in [0.1, 0.15) is 0 Å². The number of alkyl halides is 2. The van der Waals surface area contributed by atoms with Gasteiger partial charge in [0, 0.05) is 12.5 Å². The second-order valence-corrected chi connectivity index (χ2v) is 3.60. The zero-order valence-electron chi connectivity index (χ0n) is 7.27. The van der Waals surface area contributed by atoms with E-state index in [1.165, 1.54) is 0 Å². The summed E-state index contributed by atoms with van der Waals surface area (Å²) in [4.78, 5) is 11.2. The van der Waals surface area contributed by atoms with Gasteiger partial charge in [-0.1, -0.05) is 0 Å². The molecule has 2 fully saturated rings. The average molecular weight is 191 g/mol. The molecule has 13 heavy (non-hydrogen) atoms.